The summed E-state index contributed by atoms with van der Waals surface area (Å²) < 4.78 is 0. The van der Waals surface area contributed by atoms with Gasteiger partial charge in [0.15, 0.2) is 0 Å². The molecule has 0 aromatic heterocycles. The predicted molar refractivity (Wildman–Crippen MR) is 92.7 cm³/mol. The summed E-state index contributed by atoms with van der Waals surface area (Å²) in [5.41, 5.74) is 0. The van der Waals surface area contributed by atoms with Crippen molar-refractivity contribution in [2.24, 2.45) is 0 Å². The molecule has 0 aliphatic rings. The van der Waals surface area contributed by atoms with Gasteiger partial charge in [0.05, 0.1) is 0 Å². The lowest BCUT2D eigenvalue weighted by atomic mass is 10.1. The highest BCUT2D eigenvalue weighted by Crippen LogP contribution is 2.09. The molecule has 0 atom stereocenters. The van der Waals surface area contributed by atoms with Crippen LogP contribution in [-0.4, -0.2) is 0 Å². The molecule has 0 aliphatic heterocycles. The van der Waals surface area contributed by atoms with Crippen LogP contribution in [0, 0.1) is 6.58 Å². The van der Waals surface area contributed by atoms with Crippen molar-refractivity contribution in [1.82, 2.24) is 0 Å². The van der Waals surface area contributed by atoms with Crippen LogP contribution in [0.2, 0.25) is 0 Å². The fourth-order valence-corrected chi connectivity index (χ4v) is 1.96. The Morgan fingerprint density at radius 2 is 1.10 bits per heavy atom. The highest BCUT2D eigenvalue weighted by atomic mass is 14.0. The lowest BCUT2D eigenvalue weighted by molar-refractivity contribution is 0.577. The van der Waals surface area contributed by atoms with E-state index in [4.69, 9.17) is 6.58 Å². The fourth-order valence-electron chi connectivity index (χ4n) is 1.96. The van der Waals surface area contributed by atoms with Gasteiger partial charge in [-0.05, 0) is 12.8 Å². The third kappa shape index (κ3) is 16.7. The molecule has 0 aliphatic carbocycles. The molecule has 0 rings (SSSR count). The van der Waals surface area contributed by atoms with E-state index in [0.717, 1.165) is 0 Å². The van der Waals surface area contributed by atoms with Crippen LogP contribution in [-0.2, 0) is 0 Å². The van der Waals surface area contributed by atoms with Gasteiger partial charge in [-0.1, -0.05) is 113 Å². The first kappa shape index (κ1) is 18.7. The van der Waals surface area contributed by atoms with Crippen LogP contribution in [0.5, 0.6) is 0 Å². The summed E-state index contributed by atoms with van der Waals surface area (Å²) in [4.78, 5) is 0. The molecule has 0 heteroatoms. The van der Waals surface area contributed by atoms with E-state index in [1.165, 1.54) is 63.9 Å². The molecule has 20 heavy (non-hydrogen) atoms. The quantitative estimate of drug-likeness (QED) is 0.257. The zero-order valence-electron chi connectivity index (χ0n) is 13.1. The van der Waals surface area contributed by atoms with Gasteiger partial charge in [0.2, 0.25) is 0 Å². The predicted octanol–water partition coefficient (Wildman–Crippen LogP) is 6.73. The van der Waals surface area contributed by atoms with Gasteiger partial charge < -0.3 is 0 Å². The maximum atomic E-state index is 5.21. The first-order valence-electron chi connectivity index (χ1n) is 8.12. The van der Waals surface area contributed by atoms with Crippen molar-refractivity contribution in [3.05, 3.63) is 61.3 Å². The minimum absolute atomic E-state index is 1.20. The van der Waals surface area contributed by atoms with Crippen molar-refractivity contribution in [2.75, 3.05) is 0 Å². The van der Waals surface area contributed by atoms with Gasteiger partial charge in [-0.15, -0.1) is 0 Å². The molecule has 0 aromatic carbocycles. The fraction of sp³-hybridized carbons (Fsp3) is 0.500. The average Bonchev–Trinajstić information content (AvgIpc) is 2.47. The minimum atomic E-state index is 1.20. The van der Waals surface area contributed by atoms with E-state index in [9.17, 15) is 0 Å². The van der Waals surface area contributed by atoms with Crippen molar-refractivity contribution in [2.45, 2.75) is 64.7 Å². The van der Waals surface area contributed by atoms with E-state index in [-0.39, 0.29) is 0 Å². The molecule has 0 saturated heterocycles. The summed E-state index contributed by atoms with van der Waals surface area (Å²) in [6.45, 7) is 7.48. The van der Waals surface area contributed by atoms with Gasteiger partial charge in [0, 0.05) is 0 Å². The molecule has 0 heterocycles. The lowest BCUT2D eigenvalue weighted by Crippen LogP contribution is -1.79. The molecule has 0 fully saturated rings. The average molecular weight is 271 g/mol. The highest BCUT2D eigenvalue weighted by molar-refractivity contribution is 5.16. The standard InChI is InChI=1S/C20H31/c1-3-5-7-9-11-13-15-17-19-20-18-16-14-12-10-8-6-4-2/h1,3,5,7,9,11,13,15,17,19H,4,6,8,10,12,14,16,18,20H2,2H3. The molecule has 111 valence electrons. The van der Waals surface area contributed by atoms with Crippen molar-refractivity contribution in [1.29, 1.82) is 0 Å². The van der Waals surface area contributed by atoms with E-state index in [2.05, 4.69) is 25.2 Å². The Balaban J connectivity index is 3.31. The lowest BCUT2D eigenvalue weighted by Gasteiger charge is -1.99. The van der Waals surface area contributed by atoms with Crippen molar-refractivity contribution < 1.29 is 0 Å². The number of hydrogen-bond donors (Lipinski definition) is 0. The number of allylic oxidation sites excluding steroid dienone is 9. The van der Waals surface area contributed by atoms with Crippen LogP contribution in [0.3, 0.4) is 0 Å². The molecule has 0 spiro atoms. The van der Waals surface area contributed by atoms with Crippen LogP contribution in [0.1, 0.15) is 64.7 Å². The first-order chi connectivity index (χ1) is 9.91. The minimum Gasteiger partial charge on any atom is -0.0845 e. The van der Waals surface area contributed by atoms with E-state index < -0.39 is 0 Å². The summed E-state index contributed by atoms with van der Waals surface area (Å²) in [7, 11) is 0. The summed E-state index contributed by atoms with van der Waals surface area (Å²) in [6.07, 6.45) is 30.0. The Morgan fingerprint density at radius 3 is 1.70 bits per heavy atom. The monoisotopic (exact) mass is 271 g/mol. The van der Waals surface area contributed by atoms with Gasteiger partial charge in [-0.25, -0.2) is 0 Å². The number of unbranched alkanes of at least 4 members (excludes halogenated alkanes) is 8. The second kappa shape index (κ2) is 17.7. The number of hydrogen-bond acceptors (Lipinski definition) is 0. The van der Waals surface area contributed by atoms with Crippen molar-refractivity contribution in [3.8, 4) is 0 Å². The first-order valence-corrected chi connectivity index (χ1v) is 8.12. The van der Waals surface area contributed by atoms with Crippen LogP contribution in [0.4, 0.5) is 0 Å². The molecule has 1 radical (unpaired) electrons. The van der Waals surface area contributed by atoms with Crippen molar-refractivity contribution in [3.63, 3.8) is 0 Å². The molecule has 0 saturated carbocycles. The summed E-state index contributed by atoms with van der Waals surface area (Å²) in [5.74, 6) is 0. The van der Waals surface area contributed by atoms with Gasteiger partial charge >= 0.3 is 0 Å². The van der Waals surface area contributed by atoms with E-state index in [1.54, 1.807) is 0 Å². The Bertz CT molecular complexity index is 302. The molecule has 0 amide bonds. The van der Waals surface area contributed by atoms with Gasteiger partial charge in [-0.2, -0.15) is 0 Å². The summed E-state index contributed by atoms with van der Waals surface area (Å²) >= 11 is 0. The summed E-state index contributed by atoms with van der Waals surface area (Å²) in [6, 6.07) is 0. The zero-order chi connectivity index (χ0) is 14.7. The second-order valence-electron chi connectivity index (χ2n) is 5.04. The molecular formula is C20H31. The molecule has 0 aromatic rings. The Morgan fingerprint density at radius 1 is 0.600 bits per heavy atom. The van der Waals surface area contributed by atoms with Crippen LogP contribution >= 0.6 is 0 Å². The SMILES string of the molecule is [CH]=CC=CC=CC=CC=CCCCCCCCCCC. The third-order valence-corrected chi connectivity index (χ3v) is 3.14. The van der Waals surface area contributed by atoms with Crippen LogP contribution in [0.25, 0.3) is 0 Å². The van der Waals surface area contributed by atoms with Gasteiger partial charge in [-0.3, -0.25) is 0 Å². The molecule has 0 bridgehead atoms. The molecule has 0 unspecified atom stereocenters. The van der Waals surface area contributed by atoms with Crippen molar-refractivity contribution >= 4 is 0 Å². The van der Waals surface area contributed by atoms with E-state index in [1.807, 2.05) is 30.4 Å². The summed E-state index contributed by atoms with van der Waals surface area (Å²) in [5, 5.41) is 0. The topological polar surface area (TPSA) is 0 Å². The Hall–Kier alpha value is -1.30. The van der Waals surface area contributed by atoms with Gasteiger partial charge in [0.25, 0.3) is 0 Å². The van der Waals surface area contributed by atoms with E-state index in [0.29, 0.717) is 0 Å². The number of rotatable bonds is 13. The normalized spacial score (nSPS) is 12.4. The highest BCUT2D eigenvalue weighted by Gasteiger charge is 1.89. The smallest absolute Gasteiger partial charge is 0.0348 e. The maximum Gasteiger partial charge on any atom is -0.0348 e. The maximum absolute atomic E-state index is 5.21. The zero-order valence-corrected chi connectivity index (χ0v) is 13.1. The van der Waals surface area contributed by atoms with Crippen LogP contribution in [0.15, 0.2) is 54.7 Å². The Kier molecular flexibility index (Phi) is 16.5. The molecular weight excluding hydrogens is 240 g/mol. The second-order valence-corrected chi connectivity index (χ2v) is 5.04. The largest absolute Gasteiger partial charge is 0.0845 e. The Labute approximate surface area is 126 Å². The molecule has 0 nitrogen and oxygen atoms in total. The van der Waals surface area contributed by atoms with Gasteiger partial charge in [0.1, 0.15) is 0 Å². The van der Waals surface area contributed by atoms with Crippen LogP contribution < -0.4 is 0 Å². The third-order valence-electron chi connectivity index (χ3n) is 3.14. The van der Waals surface area contributed by atoms with E-state index >= 15 is 0 Å². The molecule has 0 N–H and O–H groups in total.